The summed E-state index contributed by atoms with van der Waals surface area (Å²) < 4.78 is 10.7. The molecule has 1 heterocycles. The quantitative estimate of drug-likeness (QED) is 0.749. The molecule has 3 amide bonds. The highest BCUT2D eigenvalue weighted by Crippen LogP contribution is 2.41. The van der Waals surface area contributed by atoms with E-state index in [1.807, 2.05) is 0 Å². The first-order chi connectivity index (χ1) is 12.8. The zero-order valence-corrected chi connectivity index (χ0v) is 15.9. The Bertz CT molecular complexity index is 721. The summed E-state index contributed by atoms with van der Waals surface area (Å²) in [5.41, 5.74) is 0.678. The number of amides is 3. The Labute approximate surface area is 157 Å². The summed E-state index contributed by atoms with van der Waals surface area (Å²) >= 11 is 0. The minimum Gasteiger partial charge on any atom is -0.493 e. The maximum Gasteiger partial charge on any atom is 0.317 e. The predicted octanol–water partition coefficient (Wildman–Crippen LogP) is 0.602. The molecule has 2 atom stereocenters. The Morgan fingerprint density at radius 2 is 1.93 bits per heavy atom. The van der Waals surface area contributed by atoms with E-state index in [0.717, 1.165) is 0 Å². The van der Waals surface area contributed by atoms with Crippen molar-refractivity contribution in [2.45, 2.75) is 5.92 Å². The van der Waals surface area contributed by atoms with Crippen LogP contribution in [0.1, 0.15) is 11.5 Å². The molecule has 0 unspecified atom stereocenters. The van der Waals surface area contributed by atoms with E-state index in [4.69, 9.17) is 9.47 Å². The number of carboxylic acid groups (broad SMARTS) is 1. The molecule has 0 spiro atoms. The third-order valence-corrected chi connectivity index (χ3v) is 4.62. The van der Waals surface area contributed by atoms with E-state index < -0.39 is 17.8 Å². The third kappa shape index (κ3) is 4.42. The van der Waals surface area contributed by atoms with Crippen LogP contribution in [0, 0.1) is 5.92 Å². The maximum absolute atomic E-state index is 12.4. The highest BCUT2D eigenvalue weighted by molar-refractivity contribution is 5.85. The summed E-state index contributed by atoms with van der Waals surface area (Å²) in [7, 11) is 6.14. The average molecular weight is 379 g/mol. The van der Waals surface area contributed by atoms with E-state index in [-0.39, 0.29) is 31.6 Å². The molecule has 9 nitrogen and oxygen atoms in total. The van der Waals surface area contributed by atoms with Crippen LogP contribution in [-0.2, 0) is 9.59 Å². The number of ether oxygens (including phenoxy) is 2. The summed E-state index contributed by atoms with van der Waals surface area (Å²) in [6.45, 7) is 0.0967. The second kappa shape index (κ2) is 8.61. The monoisotopic (exact) mass is 379 g/mol. The zero-order chi connectivity index (χ0) is 20.1. The fourth-order valence-electron chi connectivity index (χ4n) is 3.20. The largest absolute Gasteiger partial charge is 0.493 e. The third-order valence-electron chi connectivity index (χ3n) is 4.62. The molecule has 1 aliphatic rings. The van der Waals surface area contributed by atoms with Crippen molar-refractivity contribution in [3.8, 4) is 11.5 Å². The Morgan fingerprint density at radius 3 is 2.48 bits per heavy atom. The van der Waals surface area contributed by atoms with E-state index in [1.54, 1.807) is 32.3 Å². The van der Waals surface area contributed by atoms with Gasteiger partial charge < -0.3 is 29.7 Å². The number of aliphatic carboxylic acids is 1. The fourth-order valence-corrected chi connectivity index (χ4v) is 3.20. The predicted molar refractivity (Wildman–Crippen MR) is 97.1 cm³/mol. The van der Waals surface area contributed by atoms with Gasteiger partial charge in [0.2, 0.25) is 5.91 Å². The smallest absolute Gasteiger partial charge is 0.317 e. The van der Waals surface area contributed by atoms with Crippen molar-refractivity contribution in [3.05, 3.63) is 23.8 Å². The molecule has 2 N–H and O–H groups in total. The Hall–Kier alpha value is -2.97. The summed E-state index contributed by atoms with van der Waals surface area (Å²) in [4.78, 5) is 38.6. The van der Waals surface area contributed by atoms with E-state index in [9.17, 15) is 19.5 Å². The molecular formula is C18H25N3O6. The van der Waals surface area contributed by atoms with Gasteiger partial charge in [0.05, 0.1) is 26.7 Å². The van der Waals surface area contributed by atoms with Crippen LogP contribution in [0.15, 0.2) is 18.2 Å². The highest BCUT2D eigenvalue weighted by atomic mass is 16.5. The number of para-hydroxylation sites is 1. The number of carbonyl (C=O) groups is 3. The van der Waals surface area contributed by atoms with Crippen LogP contribution < -0.4 is 14.8 Å². The SMILES string of the molecule is COc1cccc([C@@H]2CN(C(=O)CNC(=O)N(C)C)C[C@H]2C(=O)O)c1OC. The van der Waals surface area contributed by atoms with Gasteiger partial charge in [0, 0.05) is 38.7 Å². The molecule has 0 radical (unpaired) electrons. The fraction of sp³-hybridized carbons (Fsp3) is 0.500. The van der Waals surface area contributed by atoms with Gasteiger partial charge in [0.25, 0.3) is 0 Å². The first kappa shape index (κ1) is 20.3. The standard InChI is InChI=1S/C18H25N3O6/c1-20(2)18(25)19-8-15(22)21-9-12(13(10-21)17(23)24)11-6-5-7-14(26-3)16(11)27-4/h5-7,12-13H,8-10H2,1-4H3,(H,19,25)(H,23,24)/t12-,13+/m0/s1. The number of methoxy groups -OCH3 is 2. The summed E-state index contributed by atoms with van der Waals surface area (Å²) in [6.07, 6.45) is 0. The first-order valence-electron chi connectivity index (χ1n) is 8.46. The number of likely N-dealkylation sites (tertiary alicyclic amines) is 1. The van der Waals surface area contributed by atoms with Gasteiger partial charge in [0.1, 0.15) is 0 Å². The summed E-state index contributed by atoms with van der Waals surface area (Å²) in [5, 5.41) is 12.1. The molecule has 1 aromatic carbocycles. The minimum atomic E-state index is -0.988. The van der Waals surface area contributed by atoms with Crippen LogP contribution in [0.4, 0.5) is 4.79 Å². The Morgan fingerprint density at radius 1 is 1.22 bits per heavy atom. The van der Waals surface area contributed by atoms with Gasteiger partial charge in [-0.25, -0.2) is 4.79 Å². The molecule has 1 aromatic rings. The minimum absolute atomic E-state index is 0.0665. The number of urea groups is 1. The van der Waals surface area contributed by atoms with Crippen LogP contribution in [0.3, 0.4) is 0 Å². The highest BCUT2D eigenvalue weighted by Gasteiger charge is 2.42. The normalized spacial score (nSPS) is 18.7. The van der Waals surface area contributed by atoms with Crippen molar-refractivity contribution < 1.29 is 29.0 Å². The van der Waals surface area contributed by atoms with Gasteiger partial charge in [0.15, 0.2) is 11.5 Å². The average Bonchev–Trinajstić information content (AvgIpc) is 3.10. The Balaban J connectivity index is 2.22. The lowest BCUT2D eigenvalue weighted by Gasteiger charge is -2.20. The number of carboxylic acids is 1. The topological polar surface area (TPSA) is 108 Å². The lowest BCUT2D eigenvalue weighted by molar-refractivity contribution is -0.141. The number of carbonyl (C=O) groups excluding carboxylic acids is 2. The first-order valence-corrected chi connectivity index (χ1v) is 8.46. The zero-order valence-electron chi connectivity index (χ0n) is 15.9. The molecule has 0 bridgehead atoms. The van der Waals surface area contributed by atoms with Gasteiger partial charge in [-0.3, -0.25) is 9.59 Å². The Kier molecular flexibility index (Phi) is 6.49. The molecular weight excluding hydrogens is 354 g/mol. The number of hydrogen-bond acceptors (Lipinski definition) is 5. The number of nitrogens with zero attached hydrogens (tertiary/aromatic N) is 2. The number of hydrogen-bond donors (Lipinski definition) is 2. The number of rotatable bonds is 6. The van der Waals surface area contributed by atoms with Crippen molar-refractivity contribution in [1.29, 1.82) is 0 Å². The van der Waals surface area contributed by atoms with Crippen LogP contribution in [0.25, 0.3) is 0 Å². The molecule has 1 fully saturated rings. The van der Waals surface area contributed by atoms with Crippen molar-refractivity contribution in [2.75, 3.05) is 47.9 Å². The van der Waals surface area contributed by atoms with Crippen LogP contribution in [0.5, 0.6) is 11.5 Å². The lowest BCUT2D eigenvalue weighted by Crippen LogP contribution is -2.42. The summed E-state index contributed by atoms with van der Waals surface area (Å²) in [6, 6.07) is 4.89. The van der Waals surface area contributed by atoms with Gasteiger partial charge in [-0.2, -0.15) is 0 Å². The second-order valence-corrected chi connectivity index (χ2v) is 6.49. The van der Waals surface area contributed by atoms with E-state index in [0.29, 0.717) is 17.1 Å². The van der Waals surface area contributed by atoms with E-state index >= 15 is 0 Å². The molecule has 0 saturated carbocycles. The molecule has 9 heteroatoms. The van der Waals surface area contributed by atoms with Crippen molar-refractivity contribution in [2.24, 2.45) is 5.92 Å². The van der Waals surface area contributed by atoms with Gasteiger partial charge in [-0.05, 0) is 6.07 Å². The molecule has 2 rings (SSSR count). The number of benzene rings is 1. The van der Waals surface area contributed by atoms with Gasteiger partial charge >= 0.3 is 12.0 Å². The van der Waals surface area contributed by atoms with Crippen molar-refractivity contribution in [1.82, 2.24) is 15.1 Å². The van der Waals surface area contributed by atoms with Crippen LogP contribution in [0.2, 0.25) is 0 Å². The van der Waals surface area contributed by atoms with E-state index in [2.05, 4.69) is 5.32 Å². The van der Waals surface area contributed by atoms with Crippen LogP contribution in [-0.4, -0.2) is 80.8 Å². The second-order valence-electron chi connectivity index (χ2n) is 6.49. The summed E-state index contributed by atoms with van der Waals surface area (Å²) in [5.74, 6) is -1.58. The lowest BCUT2D eigenvalue weighted by atomic mass is 9.88. The molecule has 27 heavy (non-hydrogen) atoms. The molecule has 148 valence electrons. The number of nitrogens with one attached hydrogen (secondary N) is 1. The molecule has 1 saturated heterocycles. The van der Waals surface area contributed by atoms with Gasteiger partial charge in [-0.1, -0.05) is 12.1 Å². The van der Waals surface area contributed by atoms with Gasteiger partial charge in [-0.15, -0.1) is 0 Å². The molecule has 0 aromatic heterocycles. The maximum atomic E-state index is 12.4. The molecule has 1 aliphatic heterocycles. The molecule has 0 aliphatic carbocycles. The van der Waals surface area contributed by atoms with Crippen molar-refractivity contribution >= 4 is 17.9 Å². The van der Waals surface area contributed by atoms with E-state index in [1.165, 1.54) is 24.0 Å². The van der Waals surface area contributed by atoms with Crippen LogP contribution >= 0.6 is 0 Å². The van der Waals surface area contributed by atoms with Crippen molar-refractivity contribution in [3.63, 3.8) is 0 Å².